The molecule has 1 fully saturated rings. The van der Waals surface area contributed by atoms with Gasteiger partial charge in [-0.15, -0.1) is 10.2 Å². The van der Waals surface area contributed by atoms with Gasteiger partial charge in [-0.05, 0) is 44.5 Å². The smallest absolute Gasteiger partial charge is 0.242 e. The van der Waals surface area contributed by atoms with Gasteiger partial charge in [-0.3, -0.25) is 9.59 Å². The summed E-state index contributed by atoms with van der Waals surface area (Å²) in [7, 11) is 1.64. The zero-order valence-electron chi connectivity index (χ0n) is 20.3. The average molecular weight is 454 g/mol. The van der Waals surface area contributed by atoms with Crippen LogP contribution < -0.4 is 9.64 Å². The minimum atomic E-state index is -0.127. The maximum absolute atomic E-state index is 13.0. The lowest BCUT2D eigenvalue weighted by Crippen LogP contribution is -2.48. The fourth-order valence-corrected chi connectivity index (χ4v) is 3.92. The molecular weight excluding hydrogens is 418 g/mol. The summed E-state index contributed by atoms with van der Waals surface area (Å²) in [5.74, 6) is 1.47. The second kappa shape index (κ2) is 11.1. The molecule has 1 aliphatic heterocycles. The Labute approximate surface area is 196 Å². The first kappa shape index (κ1) is 24.5. The second-order valence-corrected chi connectivity index (χ2v) is 8.94. The highest BCUT2D eigenvalue weighted by molar-refractivity contribution is 5.86. The molecule has 0 radical (unpaired) electrons. The van der Waals surface area contributed by atoms with Gasteiger partial charge in [-0.25, -0.2) is 0 Å². The summed E-state index contributed by atoms with van der Waals surface area (Å²) in [4.78, 5) is 31.2. The van der Waals surface area contributed by atoms with Gasteiger partial charge in [0.25, 0.3) is 0 Å². The number of hydrogen-bond acceptors (Lipinski definition) is 6. The van der Waals surface area contributed by atoms with Crippen molar-refractivity contribution in [1.29, 1.82) is 0 Å². The molecule has 3 rings (SSSR count). The molecule has 2 heterocycles. The van der Waals surface area contributed by atoms with Crippen LogP contribution in [0.15, 0.2) is 36.4 Å². The van der Waals surface area contributed by atoms with E-state index in [0.717, 1.165) is 35.8 Å². The highest BCUT2D eigenvalue weighted by Crippen LogP contribution is 2.23. The first-order valence-electron chi connectivity index (χ1n) is 11.6. The number of amides is 2. The Kier molecular flexibility index (Phi) is 8.25. The van der Waals surface area contributed by atoms with Crippen molar-refractivity contribution in [2.75, 3.05) is 44.7 Å². The largest absolute Gasteiger partial charge is 0.497 e. The lowest BCUT2D eigenvalue weighted by Gasteiger charge is -2.30. The molecule has 178 valence electrons. The van der Waals surface area contributed by atoms with Gasteiger partial charge >= 0.3 is 0 Å². The van der Waals surface area contributed by atoms with Gasteiger partial charge in [0, 0.05) is 43.7 Å². The molecule has 8 nitrogen and oxygen atoms in total. The summed E-state index contributed by atoms with van der Waals surface area (Å²) < 4.78 is 5.29. The van der Waals surface area contributed by atoms with Gasteiger partial charge in [-0.1, -0.05) is 26.0 Å². The fourth-order valence-electron chi connectivity index (χ4n) is 3.92. The molecule has 1 saturated heterocycles. The lowest BCUT2D eigenvalue weighted by atomic mass is 10.1. The van der Waals surface area contributed by atoms with E-state index in [9.17, 15) is 9.59 Å². The molecule has 0 saturated carbocycles. The number of nitrogens with zero attached hydrogens (tertiary/aromatic N) is 5. The summed E-state index contributed by atoms with van der Waals surface area (Å²) in [6.45, 7) is 10.5. The molecule has 33 heavy (non-hydrogen) atoms. The predicted octanol–water partition coefficient (Wildman–Crippen LogP) is 3.08. The van der Waals surface area contributed by atoms with Crippen LogP contribution >= 0.6 is 0 Å². The molecule has 1 aromatic carbocycles. The van der Waals surface area contributed by atoms with Crippen molar-refractivity contribution in [2.45, 2.75) is 40.2 Å². The van der Waals surface area contributed by atoms with Gasteiger partial charge in [-0.2, -0.15) is 0 Å². The van der Waals surface area contributed by atoms with Crippen LogP contribution in [0.5, 0.6) is 5.75 Å². The second-order valence-electron chi connectivity index (χ2n) is 8.94. The Balaban J connectivity index is 1.62. The quantitative estimate of drug-likeness (QED) is 0.641. The van der Waals surface area contributed by atoms with Crippen molar-refractivity contribution < 1.29 is 14.3 Å². The van der Waals surface area contributed by atoms with Crippen molar-refractivity contribution in [3.8, 4) is 17.0 Å². The van der Waals surface area contributed by atoms with Gasteiger partial charge < -0.3 is 19.4 Å². The zero-order chi connectivity index (χ0) is 24.0. The molecule has 0 bridgehead atoms. The van der Waals surface area contributed by atoms with Crippen molar-refractivity contribution >= 4 is 17.6 Å². The van der Waals surface area contributed by atoms with Crippen LogP contribution in [0.1, 0.15) is 34.1 Å². The van der Waals surface area contributed by atoms with E-state index >= 15 is 0 Å². The van der Waals surface area contributed by atoms with Crippen molar-refractivity contribution in [3.05, 3.63) is 36.4 Å². The number of hydrogen-bond donors (Lipinski definition) is 0. The SMILES string of the molecule is COc1cccc(-c2ccc(N3CCCN(C(=O)CN(C(=O)C(C)C)C(C)C)CC3)nn2)c1. The summed E-state index contributed by atoms with van der Waals surface area (Å²) in [6.07, 6.45) is 0.838. The molecule has 0 aliphatic carbocycles. The van der Waals surface area contributed by atoms with Crippen molar-refractivity contribution in [2.24, 2.45) is 5.92 Å². The Morgan fingerprint density at radius 2 is 1.82 bits per heavy atom. The lowest BCUT2D eigenvalue weighted by molar-refractivity contribution is -0.143. The zero-order valence-corrected chi connectivity index (χ0v) is 20.3. The van der Waals surface area contributed by atoms with Crippen LogP contribution in [-0.4, -0.2) is 77.7 Å². The summed E-state index contributed by atoms with van der Waals surface area (Å²) in [5, 5.41) is 8.85. The number of anilines is 1. The normalized spacial score (nSPS) is 14.4. The molecule has 0 spiro atoms. The van der Waals surface area contributed by atoms with E-state index in [2.05, 4.69) is 15.1 Å². The molecule has 0 atom stereocenters. The Bertz CT molecular complexity index is 945. The van der Waals surface area contributed by atoms with Gasteiger partial charge in [0.1, 0.15) is 5.75 Å². The molecule has 1 aliphatic rings. The number of methoxy groups -OCH3 is 1. The first-order valence-corrected chi connectivity index (χ1v) is 11.6. The van der Waals surface area contributed by atoms with Crippen LogP contribution in [0.4, 0.5) is 5.82 Å². The van der Waals surface area contributed by atoms with Crippen LogP contribution in [0.2, 0.25) is 0 Å². The third-order valence-electron chi connectivity index (χ3n) is 5.89. The Morgan fingerprint density at radius 1 is 1.03 bits per heavy atom. The van der Waals surface area contributed by atoms with Crippen molar-refractivity contribution in [1.82, 2.24) is 20.0 Å². The summed E-state index contributed by atoms with van der Waals surface area (Å²) in [5.41, 5.74) is 1.74. The minimum absolute atomic E-state index is 0.000919. The maximum Gasteiger partial charge on any atom is 0.242 e. The van der Waals surface area contributed by atoms with E-state index in [1.807, 2.05) is 69.0 Å². The number of benzene rings is 1. The van der Waals surface area contributed by atoms with E-state index in [0.29, 0.717) is 19.6 Å². The monoisotopic (exact) mass is 453 g/mol. The van der Waals surface area contributed by atoms with Gasteiger partial charge in [0.15, 0.2) is 5.82 Å². The van der Waals surface area contributed by atoms with E-state index in [1.165, 1.54) is 0 Å². The maximum atomic E-state index is 13.0. The molecule has 0 N–H and O–H groups in total. The molecule has 0 unspecified atom stereocenters. The van der Waals surface area contributed by atoms with E-state index in [1.54, 1.807) is 12.0 Å². The molecule has 2 aromatic rings. The van der Waals surface area contributed by atoms with Crippen LogP contribution in [0.25, 0.3) is 11.3 Å². The highest BCUT2D eigenvalue weighted by Gasteiger charge is 2.26. The number of aromatic nitrogens is 2. The van der Waals surface area contributed by atoms with E-state index in [4.69, 9.17) is 4.74 Å². The third-order valence-corrected chi connectivity index (χ3v) is 5.89. The molecule has 8 heteroatoms. The summed E-state index contributed by atoms with van der Waals surface area (Å²) >= 11 is 0. The van der Waals surface area contributed by atoms with Crippen LogP contribution in [0, 0.1) is 5.92 Å². The van der Waals surface area contributed by atoms with Crippen molar-refractivity contribution in [3.63, 3.8) is 0 Å². The highest BCUT2D eigenvalue weighted by atomic mass is 16.5. The molecular formula is C25H35N5O3. The number of ether oxygens (including phenoxy) is 1. The molecule has 2 amide bonds. The fraction of sp³-hybridized carbons (Fsp3) is 0.520. The predicted molar refractivity (Wildman–Crippen MR) is 129 cm³/mol. The third kappa shape index (κ3) is 6.21. The van der Waals surface area contributed by atoms with E-state index in [-0.39, 0.29) is 30.3 Å². The minimum Gasteiger partial charge on any atom is -0.497 e. The Hall–Kier alpha value is -3.16. The number of rotatable bonds is 7. The van der Waals surface area contributed by atoms with Crippen LogP contribution in [0.3, 0.4) is 0 Å². The number of carbonyl (C=O) groups excluding carboxylic acids is 2. The van der Waals surface area contributed by atoms with E-state index < -0.39 is 0 Å². The van der Waals surface area contributed by atoms with Crippen LogP contribution in [-0.2, 0) is 9.59 Å². The topological polar surface area (TPSA) is 78.9 Å². The van der Waals surface area contributed by atoms with Gasteiger partial charge in [0.05, 0.1) is 19.3 Å². The first-order chi connectivity index (χ1) is 15.8. The average Bonchev–Trinajstić information content (AvgIpc) is 3.08. The Morgan fingerprint density at radius 3 is 2.45 bits per heavy atom. The van der Waals surface area contributed by atoms with Gasteiger partial charge in [0.2, 0.25) is 11.8 Å². The number of carbonyl (C=O) groups is 2. The summed E-state index contributed by atoms with van der Waals surface area (Å²) in [6, 6.07) is 11.7. The molecule has 1 aromatic heterocycles. The standard InChI is InChI=1S/C25H35N5O3/c1-18(2)25(32)30(19(3)4)17-24(31)29-13-7-12-28(14-15-29)23-11-10-22(26-27-23)20-8-6-9-21(16-20)33-5/h6,8-11,16,18-19H,7,12-15,17H2,1-5H3.